The molecule has 20 heavy (non-hydrogen) atoms. The second-order valence-corrected chi connectivity index (χ2v) is 7.73. The average molecular weight is 277 g/mol. The van der Waals surface area contributed by atoms with Crippen molar-refractivity contribution in [3.8, 4) is 0 Å². The molecule has 0 aromatic carbocycles. The maximum atomic E-state index is 3.97. The summed E-state index contributed by atoms with van der Waals surface area (Å²) >= 11 is 0. The number of nitrogens with zero attached hydrogens (tertiary/aromatic N) is 2. The molecule has 0 amide bonds. The van der Waals surface area contributed by atoms with Crippen LogP contribution in [0.5, 0.6) is 0 Å². The quantitative estimate of drug-likeness (QED) is 0.855. The van der Waals surface area contributed by atoms with Crippen LogP contribution < -0.4 is 5.32 Å². The van der Waals surface area contributed by atoms with Gasteiger partial charge in [-0.25, -0.2) is 0 Å². The Morgan fingerprint density at radius 3 is 2.20 bits per heavy atom. The van der Waals surface area contributed by atoms with E-state index in [4.69, 9.17) is 0 Å². The molecule has 4 fully saturated rings. The van der Waals surface area contributed by atoms with Gasteiger partial charge in [-0.3, -0.25) is 10.2 Å². The van der Waals surface area contributed by atoms with E-state index in [1.165, 1.54) is 96.9 Å². The molecule has 1 spiro atoms. The summed E-state index contributed by atoms with van der Waals surface area (Å²) in [7, 11) is 0. The Labute approximate surface area is 124 Å². The Morgan fingerprint density at radius 2 is 1.50 bits per heavy atom. The van der Waals surface area contributed by atoms with Gasteiger partial charge in [-0.1, -0.05) is 12.8 Å². The zero-order valence-electron chi connectivity index (χ0n) is 13.0. The normalized spacial score (nSPS) is 38.4. The maximum Gasteiger partial charge on any atom is 0.0848 e. The highest BCUT2D eigenvalue weighted by atomic mass is 15.4. The predicted molar refractivity (Wildman–Crippen MR) is 82.8 cm³/mol. The van der Waals surface area contributed by atoms with E-state index in [1.54, 1.807) is 0 Å². The van der Waals surface area contributed by atoms with Crippen molar-refractivity contribution in [1.82, 2.24) is 15.1 Å². The molecule has 3 nitrogen and oxygen atoms in total. The number of nitrogens with one attached hydrogen (secondary N) is 1. The van der Waals surface area contributed by atoms with E-state index in [2.05, 4.69) is 15.1 Å². The van der Waals surface area contributed by atoms with Crippen LogP contribution in [0.1, 0.15) is 64.2 Å². The summed E-state index contributed by atoms with van der Waals surface area (Å²) < 4.78 is 0. The maximum absolute atomic E-state index is 3.97. The molecule has 4 rings (SSSR count). The van der Waals surface area contributed by atoms with Crippen molar-refractivity contribution >= 4 is 0 Å². The topological polar surface area (TPSA) is 18.5 Å². The van der Waals surface area contributed by atoms with Gasteiger partial charge >= 0.3 is 0 Å². The smallest absolute Gasteiger partial charge is 0.0848 e. The third kappa shape index (κ3) is 2.13. The Bertz CT molecular complexity index is 331. The Balaban J connectivity index is 1.57. The Kier molecular flexibility index (Phi) is 3.56. The van der Waals surface area contributed by atoms with Gasteiger partial charge in [0.1, 0.15) is 0 Å². The van der Waals surface area contributed by atoms with E-state index >= 15 is 0 Å². The van der Waals surface area contributed by atoms with Gasteiger partial charge in [-0.2, -0.15) is 0 Å². The summed E-state index contributed by atoms with van der Waals surface area (Å²) in [5.74, 6) is 0. The van der Waals surface area contributed by atoms with E-state index in [9.17, 15) is 0 Å². The molecular weight excluding hydrogens is 246 g/mol. The fraction of sp³-hybridized carbons (Fsp3) is 1.00. The van der Waals surface area contributed by atoms with Crippen molar-refractivity contribution in [2.75, 3.05) is 32.7 Å². The molecule has 1 N–H and O–H groups in total. The first-order chi connectivity index (χ1) is 9.83. The van der Waals surface area contributed by atoms with Crippen LogP contribution in [-0.2, 0) is 0 Å². The molecule has 114 valence electrons. The summed E-state index contributed by atoms with van der Waals surface area (Å²) in [6, 6.07) is 0. The Morgan fingerprint density at radius 1 is 0.750 bits per heavy atom. The lowest BCUT2D eigenvalue weighted by molar-refractivity contribution is -0.0181. The van der Waals surface area contributed by atoms with Crippen LogP contribution in [0, 0.1) is 0 Å². The number of hydrogen-bond acceptors (Lipinski definition) is 3. The molecule has 0 aromatic rings. The predicted octanol–water partition coefficient (Wildman–Crippen LogP) is 2.57. The minimum Gasteiger partial charge on any atom is -0.300 e. The van der Waals surface area contributed by atoms with Crippen LogP contribution in [0.2, 0.25) is 0 Å². The fourth-order valence-electron chi connectivity index (χ4n) is 5.71. The van der Waals surface area contributed by atoms with Gasteiger partial charge in [0, 0.05) is 18.6 Å². The van der Waals surface area contributed by atoms with Gasteiger partial charge in [0.05, 0.1) is 5.66 Å². The highest BCUT2D eigenvalue weighted by Crippen LogP contribution is 2.47. The van der Waals surface area contributed by atoms with Gasteiger partial charge in [0.25, 0.3) is 0 Å². The molecule has 0 bridgehead atoms. The molecule has 3 saturated heterocycles. The van der Waals surface area contributed by atoms with Crippen LogP contribution in [0.3, 0.4) is 0 Å². The van der Waals surface area contributed by atoms with Crippen molar-refractivity contribution in [1.29, 1.82) is 0 Å². The van der Waals surface area contributed by atoms with Crippen LogP contribution in [0.15, 0.2) is 0 Å². The molecule has 1 saturated carbocycles. The van der Waals surface area contributed by atoms with Crippen molar-refractivity contribution in [3.63, 3.8) is 0 Å². The van der Waals surface area contributed by atoms with Gasteiger partial charge in [0.15, 0.2) is 0 Å². The van der Waals surface area contributed by atoms with E-state index < -0.39 is 0 Å². The van der Waals surface area contributed by atoms with Crippen molar-refractivity contribution in [2.24, 2.45) is 0 Å². The highest BCUT2D eigenvalue weighted by Gasteiger charge is 2.53. The minimum absolute atomic E-state index is 0.325. The number of rotatable bonds is 3. The summed E-state index contributed by atoms with van der Waals surface area (Å²) in [4.78, 5) is 5.71. The van der Waals surface area contributed by atoms with Crippen LogP contribution in [0.25, 0.3) is 0 Å². The van der Waals surface area contributed by atoms with Crippen LogP contribution >= 0.6 is 0 Å². The molecule has 1 aliphatic carbocycles. The largest absolute Gasteiger partial charge is 0.300 e. The molecule has 3 heteroatoms. The average Bonchev–Trinajstić information content (AvgIpc) is 3.22. The molecular formula is C17H31N3. The third-order valence-electron chi connectivity index (χ3n) is 6.55. The minimum atomic E-state index is 0.325. The molecule has 0 aromatic heterocycles. The lowest BCUT2D eigenvalue weighted by atomic mass is 9.90. The molecule has 3 aliphatic heterocycles. The number of likely N-dealkylation sites (tertiary alicyclic amines) is 2. The Hall–Kier alpha value is -0.120. The fourth-order valence-corrected chi connectivity index (χ4v) is 5.71. The van der Waals surface area contributed by atoms with E-state index in [0.29, 0.717) is 11.2 Å². The van der Waals surface area contributed by atoms with Crippen LogP contribution in [0.4, 0.5) is 0 Å². The van der Waals surface area contributed by atoms with Gasteiger partial charge in [0.2, 0.25) is 0 Å². The van der Waals surface area contributed by atoms with Crippen molar-refractivity contribution in [3.05, 3.63) is 0 Å². The zero-order valence-corrected chi connectivity index (χ0v) is 13.0. The van der Waals surface area contributed by atoms with Crippen molar-refractivity contribution in [2.45, 2.75) is 75.4 Å². The second kappa shape index (κ2) is 5.26. The van der Waals surface area contributed by atoms with Crippen molar-refractivity contribution < 1.29 is 0 Å². The first kappa shape index (κ1) is 13.5. The van der Waals surface area contributed by atoms with E-state index in [1.807, 2.05) is 0 Å². The monoisotopic (exact) mass is 277 g/mol. The highest BCUT2D eigenvalue weighted by molar-refractivity contribution is 5.08. The summed E-state index contributed by atoms with van der Waals surface area (Å²) in [5, 5.41) is 3.97. The summed E-state index contributed by atoms with van der Waals surface area (Å²) in [6.07, 6.45) is 14.4. The molecule has 1 atom stereocenters. The summed E-state index contributed by atoms with van der Waals surface area (Å²) in [6.45, 7) is 6.55. The molecule has 0 radical (unpaired) electrons. The molecule has 0 unspecified atom stereocenters. The van der Waals surface area contributed by atoms with Gasteiger partial charge < -0.3 is 4.90 Å². The lowest BCUT2D eigenvalue weighted by Crippen LogP contribution is -2.65. The standard InChI is InChI=1S/C17H31N3/c1-2-8-16(7-1)9-6-14-20(16)17(10-5-11-18-17)15-19-12-3-4-13-19/h18H,1-15H2/t17-/m0/s1. The lowest BCUT2D eigenvalue weighted by Gasteiger charge is -2.49. The first-order valence-corrected chi connectivity index (χ1v) is 9.08. The van der Waals surface area contributed by atoms with Gasteiger partial charge in [-0.05, 0) is 71.0 Å². The van der Waals surface area contributed by atoms with Gasteiger partial charge in [-0.15, -0.1) is 0 Å². The third-order valence-corrected chi connectivity index (χ3v) is 6.55. The SMILES string of the molecule is C1CCN(C[C@@]2(N3CCCC34CCCC4)CCCN2)C1. The first-order valence-electron chi connectivity index (χ1n) is 9.08. The second-order valence-electron chi connectivity index (χ2n) is 7.73. The van der Waals surface area contributed by atoms with E-state index in [-0.39, 0.29) is 0 Å². The molecule has 3 heterocycles. The summed E-state index contributed by atoms with van der Waals surface area (Å²) in [5.41, 5.74) is 0.905. The van der Waals surface area contributed by atoms with E-state index in [0.717, 1.165) is 0 Å². The van der Waals surface area contributed by atoms with Crippen LogP contribution in [-0.4, -0.2) is 53.7 Å². The molecule has 4 aliphatic rings. The number of hydrogen-bond donors (Lipinski definition) is 1. The zero-order chi connectivity index (χ0) is 13.5.